The highest BCUT2D eigenvalue weighted by Gasteiger charge is 2.56. The lowest BCUT2D eigenvalue weighted by Gasteiger charge is -2.54. The Hall–Kier alpha value is -3.95. The number of fused-ring (bicyclic) bond motifs is 11. The molecule has 1 aromatic heterocycles. The van der Waals surface area contributed by atoms with Crippen molar-refractivity contribution in [2.75, 3.05) is 4.90 Å². The van der Waals surface area contributed by atoms with Gasteiger partial charge in [-0.05, 0) is 133 Å². The van der Waals surface area contributed by atoms with Gasteiger partial charge >= 0.3 is 0 Å². The minimum Gasteiger partial charge on any atom is -0.310 e. The summed E-state index contributed by atoms with van der Waals surface area (Å²) in [7, 11) is 0. The molecule has 3 aliphatic carbocycles. The van der Waals surface area contributed by atoms with Gasteiger partial charge in [-0.1, -0.05) is 68.4 Å². The lowest BCUT2D eigenvalue weighted by Crippen LogP contribution is -2.49. The SMILES string of the molecule is Cc1cc(N(c2ccc3c(c2)-c2ccccc2C32C(C)CC3CC(C)CC2C3)c2ccc3c(c2)sc2ccccc23)ccc1F. The van der Waals surface area contributed by atoms with Gasteiger partial charge in [0.25, 0.3) is 0 Å². The Bertz CT molecular complexity index is 2120. The van der Waals surface area contributed by atoms with Gasteiger partial charge in [-0.3, -0.25) is 0 Å². The third-order valence-corrected chi connectivity index (χ3v) is 12.7. The fourth-order valence-electron chi connectivity index (χ4n) is 9.92. The molecule has 2 bridgehead atoms. The molecule has 1 spiro atoms. The Morgan fingerprint density at radius 3 is 2.27 bits per heavy atom. The van der Waals surface area contributed by atoms with Gasteiger partial charge in [-0.2, -0.15) is 0 Å². The smallest absolute Gasteiger partial charge is 0.126 e. The van der Waals surface area contributed by atoms with Gasteiger partial charge in [0, 0.05) is 42.6 Å². The maximum atomic E-state index is 14.6. The van der Waals surface area contributed by atoms with E-state index < -0.39 is 0 Å². The summed E-state index contributed by atoms with van der Waals surface area (Å²) in [6, 6.07) is 37.5. The Kier molecular flexibility index (Phi) is 6.10. The molecule has 224 valence electrons. The predicted molar refractivity (Wildman–Crippen MR) is 189 cm³/mol. The van der Waals surface area contributed by atoms with E-state index in [9.17, 15) is 4.39 Å². The molecule has 45 heavy (non-hydrogen) atoms. The molecule has 5 aromatic carbocycles. The Labute approximate surface area is 269 Å². The summed E-state index contributed by atoms with van der Waals surface area (Å²) in [5.74, 6) is 2.75. The van der Waals surface area contributed by atoms with Crippen molar-refractivity contribution in [3.8, 4) is 11.1 Å². The average molecular weight is 608 g/mol. The highest BCUT2D eigenvalue weighted by Crippen LogP contribution is 2.65. The molecule has 2 fully saturated rings. The van der Waals surface area contributed by atoms with E-state index in [2.05, 4.69) is 104 Å². The number of nitrogens with zero attached hydrogens (tertiary/aromatic N) is 1. The largest absolute Gasteiger partial charge is 0.310 e. The average Bonchev–Trinajstić information content (AvgIpc) is 3.55. The van der Waals surface area contributed by atoms with Gasteiger partial charge in [0.15, 0.2) is 0 Å². The van der Waals surface area contributed by atoms with Crippen molar-refractivity contribution in [1.82, 2.24) is 0 Å². The molecule has 3 heteroatoms. The van der Waals surface area contributed by atoms with E-state index in [0.29, 0.717) is 17.4 Å². The third-order valence-electron chi connectivity index (χ3n) is 11.5. The Balaban J connectivity index is 1.25. The molecule has 3 aliphatic rings. The number of halogens is 1. The summed E-state index contributed by atoms with van der Waals surface area (Å²) in [5.41, 5.74) is 9.75. The molecular weight excluding hydrogens is 570 g/mol. The zero-order valence-electron chi connectivity index (χ0n) is 26.2. The van der Waals surface area contributed by atoms with Crippen LogP contribution >= 0.6 is 11.3 Å². The van der Waals surface area contributed by atoms with Gasteiger partial charge in [0.05, 0.1) is 0 Å². The van der Waals surface area contributed by atoms with Crippen LogP contribution in [0.25, 0.3) is 31.3 Å². The number of benzene rings is 5. The second-order valence-corrected chi connectivity index (χ2v) is 15.3. The van der Waals surface area contributed by atoms with Crippen LogP contribution in [0.15, 0.2) is 103 Å². The first kappa shape index (κ1) is 27.4. The minimum atomic E-state index is -0.171. The van der Waals surface area contributed by atoms with E-state index in [1.807, 2.05) is 30.4 Å². The molecule has 5 unspecified atom stereocenters. The van der Waals surface area contributed by atoms with Gasteiger partial charge in [-0.15, -0.1) is 11.3 Å². The van der Waals surface area contributed by atoms with E-state index in [1.54, 1.807) is 6.07 Å². The molecule has 2 saturated carbocycles. The summed E-state index contributed by atoms with van der Waals surface area (Å²) < 4.78 is 17.2. The molecule has 1 heterocycles. The molecular formula is C42H38FNS. The maximum absolute atomic E-state index is 14.6. The van der Waals surface area contributed by atoms with Gasteiger partial charge in [-0.25, -0.2) is 4.39 Å². The van der Waals surface area contributed by atoms with Crippen molar-refractivity contribution in [2.45, 2.75) is 51.9 Å². The number of aryl methyl sites for hydroxylation is 1. The predicted octanol–water partition coefficient (Wildman–Crippen LogP) is 12.3. The van der Waals surface area contributed by atoms with Crippen LogP contribution in [-0.2, 0) is 5.41 Å². The topological polar surface area (TPSA) is 3.24 Å². The summed E-state index contributed by atoms with van der Waals surface area (Å²) in [6.45, 7) is 6.87. The summed E-state index contributed by atoms with van der Waals surface area (Å²) in [6.07, 6.45) is 5.36. The van der Waals surface area contributed by atoms with Crippen LogP contribution in [0.4, 0.5) is 21.5 Å². The maximum Gasteiger partial charge on any atom is 0.126 e. The van der Waals surface area contributed by atoms with Crippen molar-refractivity contribution in [2.24, 2.45) is 23.7 Å². The minimum absolute atomic E-state index is 0.0723. The standard InChI is InChI=1S/C42H38FNS/c1-25-18-28-21-27(3)42(29(19-25)22-28)37-10-6-4-8-33(37)36-23-31(13-16-38(36)42)44(30-14-17-39(43)26(2)20-30)32-12-15-35-34-9-5-7-11-40(34)45-41(35)24-32/h4-17,20,23-25,27-29H,18-19,21-22H2,1-3H3. The second kappa shape index (κ2) is 10.0. The zero-order chi connectivity index (χ0) is 30.4. The van der Waals surface area contributed by atoms with Crippen LogP contribution < -0.4 is 4.90 Å². The molecule has 0 saturated heterocycles. The highest BCUT2D eigenvalue weighted by atomic mass is 32.1. The number of anilines is 3. The normalized spacial score (nSPS) is 25.1. The Morgan fingerprint density at radius 1 is 0.667 bits per heavy atom. The second-order valence-electron chi connectivity index (χ2n) is 14.2. The quantitative estimate of drug-likeness (QED) is 0.193. The van der Waals surface area contributed by atoms with Crippen molar-refractivity contribution in [3.63, 3.8) is 0 Å². The molecule has 5 atom stereocenters. The molecule has 0 N–H and O–H groups in total. The zero-order valence-corrected chi connectivity index (χ0v) is 27.0. The summed E-state index contributed by atoms with van der Waals surface area (Å²) >= 11 is 1.84. The van der Waals surface area contributed by atoms with E-state index >= 15 is 0 Å². The third kappa shape index (κ3) is 3.96. The lowest BCUT2D eigenvalue weighted by atomic mass is 9.49. The van der Waals surface area contributed by atoms with Crippen molar-refractivity contribution in [3.05, 3.63) is 126 Å². The Morgan fingerprint density at radius 2 is 1.38 bits per heavy atom. The molecule has 0 aliphatic heterocycles. The first-order valence-electron chi connectivity index (χ1n) is 16.6. The van der Waals surface area contributed by atoms with Crippen LogP contribution in [0.1, 0.15) is 56.2 Å². The highest BCUT2D eigenvalue weighted by molar-refractivity contribution is 7.25. The van der Waals surface area contributed by atoms with Crippen LogP contribution in [0, 0.1) is 36.4 Å². The van der Waals surface area contributed by atoms with Crippen LogP contribution in [0.2, 0.25) is 0 Å². The van der Waals surface area contributed by atoms with Gasteiger partial charge in [0.1, 0.15) is 5.82 Å². The molecule has 6 aromatic rings. The number of hydrogen-bond donors (Lipinski definition) is 0. The number of hydrogen-bond acceptors (Lipinski definition) is 2. The van der Waals surface area contributed by atoms with Crippen molar-refractivity contribution >= 4 is 48.6 Å². The van der Waals surface area contributed by atoms with Crippen LogP contribution in [-0.4, -0.2) is 0 Å². The lowest BCUT2D eigenvalue weighted by molar-refractivity contribution is 0.0426. The number of thiophene rings is 1. The van der Waals surface area contributed by atoms with Gasteiger partial charge in [0.2, 0.25) is 0 Å². The van der Waals surface area contributed by atoms with E-state index in [1.165, 1.54) is 68.1 Å². The van der Waals surface area contributed by atoms with Crippen LogP contribution in [0.3, 0.4) is 0 Å². The van der Waals surface area contributed by atoms with E-state index in [-0.39, 0.29) is 11.2 Å². The van der Waals surface area contributed by atoms with Crippen molar-refractivity contribution < 1.29 is 4.39 Å². The van der Waals surface area contributed by atoms with E-state index in [0.717, 1.165) is 28.9 Å². The van der Waals surface area contributed by atoms with Crippen LogP contribution in [0.5, 0.6) is 0 Å². The molecule has 1 nitrogen and oxygen atoms in total. The molecule has 9 rings (SSSR count). The van der Waals surface area contributed by atoms with E-state index in [4.69, 9.17) is 0 Å². The fourth-order valence-corrected chi connectivity index (χ4v) is 11.1. The number of rotatable bonds is 3. The summed E-state index contributed by atoms with van der Waals surface area (Å²) in [5, 5.41) is 2.58. The van der Waals surface area contributed by atoms with Gasteiger partial charge < -0.3 is 4.90 Å². The first-order chi connectivity index (χ1) is 21.9. The fraction of sp³-hybridized carbons (Fsp3) is 0.286. The molecule has 0 amide bonds. The molecule has 0 radical (unpaired) electrons. The summed E-state index contributed by atoms with van der Waals surface area (Å²) in [4.78, 5) is 2.33. The first-order valence-corrected chi connectivity index (χ1v) is 17.5. The monoisotopic (exact) mass is 607 g/mol. The van der Waals surface area contributed by atoms with Crippen molar-refractivity contribution in [1.29, 1.82) is 0 Å².